The van der Waals surface area contributed by atoms with E-state index < -0.39 is 8.80 Å². The van der Waals surface area contributed by atoms with E-state index in [1.54, 1.807) is 0 Å². The average molecular weight is 226 g/mol. The normalized spacial score (nSPS) is 14.9. The highest BCUT2D eigenvalue weighted by Gasteiger charge is 2.38. The molecule has 1 aromatic carbocycles. The highest BCUT2D eigenvalue weighted by atomic mass is 28.4. The Hall–Kier alpha value is -0.683. The molecule has 84 valence electrons. The van der Waals surface area contributed by atoms with Gasteiger partial charge >= 0.3 is 8.80 Å². The highest BCUT2D eigenvalue weighted by Crippen LogP contribution is 2.05. The minimum atomic E-state index is -3.15. The SMILES string of the molecule is CCCO[Si](O)(OCC)c1ccccc1. The number of rotatable bonds is 6. The number of hydrogen-bond acceptors (Lipinski definition) is 3. The molecule has 15 heavy (non-hydrogen) atoms. The van der Waals surface area contributed by atoms with Gasteiger partial charge in [-0.05, 0) is 13.3 Å². The van der Waals surface area contributed by atoms with Crippen molar-refractivity contribution < 1.29 is 13.6 Å². The van der Waals surface area contributed by atoms with Crippen LogP contribution in [0.1, 0.15) is 20.3 Å². The van der Waals surface area contributed by atoms with Gasteiger partial charge in [0, 0.05) is 18.4 Å². The lowest BCUT2D eigenvalue weighted by Gasteiger charge is -2.23. The summed E-state index contributed by atoms with van der Waals surface area (Å²) in [5.41, 5.74) is 0. The summed E-state index contributed by atoms with van der Waals surface area (Å²) in [5, 5.41) is 0.764. The minimum Gasteiger partial charge on any atom is -0.386 e. The molecule has 0 saturated carbocycles. The average Bonchev–Trinajstić information content (AvgIpc) is 2.28. The summed E-state index contributed by atoms with van der Waals surface area (Å²) in [7, 11) is -3.15. The fourth-order valence-electron chi connectivity index (χ4n) is 1.29. The van der Waals surface area contributed by atoms with Crippen LogP contribution in [0.5, 0.6) is 0 Å². The zero-order valence-electron chi connectivity index (χ0n) is 9.27. The van der Waals surface area contributed by atoms with Crippen LogP contribution in [0.4, 0.5) is 0 Å². The van der Waals surface area contributed by atoms with Crippen molar-refractivity contribution in [2.45, 2.75) is 20.3 Å². The molecule has 0 fully saturated rings. The summed E-state index contributed by atoms with van der Waals surface area (Å²) < 4.78 is 10.9. The first-order chi connectivity index (χ1) is 7.23. The van der Waals surface area contributed by atoms with Gasteiger partial charge in [-0.15, -0.1) is 0 Å². The highest BCUT2D eigenvalue weighted by molar-refractivity contribution is 6.74. The Bertz CT molecular complexity index is 278. The van der Waals surface area contributed by atoms with E-state index in [9.17, 15) is 4.80 Å². The molecule has 4 heteroatoms. The van der Waals surface area contributed by atoms with Crippen LogP contribution in [0.15, 0.2) is 30.3 Å². The molecule has 1 atom stereocenters. The van der Waals surface area contributed by atoms with Crippen LogP contribution < -0.4 is 5.19 Å². The van der Waals surface area contributed by atoms with Gasteiger partial charge in [0.1, 0.15) is 0 Å². The number of hydrogen-bond donors (Lipinski definition) is 1. The lowest BCUT2D eigenvalue weighted by molar-refractivity contribution is 0.118. The summed E-state index contributed by atoms with van der Waals surface area (Å²) in [6.45, 7) is 4.85. The Balaban J connectivity index is 2.80. The molecule has 0 bridgehead atoms. The Labute approximate surface area is 92.0 Å². The van der Waals surface area contributed by atoms with Gasteiger partial charge in [-0.2, -0.15) is 0 Å². The molecule has 0 aliphatic carbocycles. The monoisotopic (exact) mass is 226 g/mol. The fourth-order valence-corrected chi connectivity index (χ4v) is 3.20. The molecule has 1 unspecified atom stereocenters. The first kappa shape index (κ1) is 12.4. The molecule has 0 heterocycles. The van der Waals surface area contributed by atoms with Crippen LogP contribution >= 0.6 is 0 Å². The number of benzene rings is 1. The van der Waals surface area contributed by atoms with E-state index in [0.717, 1.165) is 11.6 Å². The maximum Gasteiger partial charge on any atom is 0.534 e. The first-order valence-electron chi connectivity index (χ1n) is 5.28. The van der Waals surface area contributed by atoms with E-state index in [-0.39, 0.29) is 0 Å². The summed E-state index contributed by atoms with van der Waals surface area (Å²) in [5.74, 6) is 0. The lowest BCUT2D eigenvalue weighted by Crippen LogP contribution is -2.54. The molecule has 1 N–H and O–H groups in total. The van der Waals surface area contributed by atoms with Crippen LogP contribution in [0, 0.1) is 0 Å². The minimum absolute atomic E-state index is 0.460. The standard InChI is InChI=1S/C11H18O3Si/c1-3-10-14-15(12,13-4-2)11-8-6-5-7-9-11/h5-9,12H,3-4,10H2,1-2H3. The predicted molar refractivity (Wildman–Crippen MR) is 61.9 cm³/mol. The van der Waals surface area contributed by atoms with Crippen molar-refractivity contribution in [1.29, 1.82) is 0 Å². The van der Waals surface area contributed by atoms with Crippen LogP contribution in [0.25, 0.3) is 0 Å². The van der Waals surface area contributed by atoms with Crippen molar-refractivity contribution >= 4 is 14.0 Å². The van der Waals surface area contributed by atoms with Crippen molar-refractivity contribution in [2.75, 3.05) is 13.2 Å². The summed E-state index contributed by atoms with van der Waals surface area (Å²) in [6, 6.07) is 9.35. The van der Waals surface area contributed by atoms with Crippen molar-refractivity contribution in [2.24, 2.45) is 0 Å². The van der Waals surface area contributed by atoms with Crippen molar-refractivity contribution in [3.8, 4) is 0 Å². The van der Waals surface area contributed by atoms with Gasteiger partial charge in [0.05, 0.1) is 0 Å². The molecule has 3 nitrogen and oxygen atoms in total. The van der Waals surface area contributed by atoms with E-state index in [1.807, 2.05) is 44.2 Å². The molecular formula is C11H18O3Si. The van der Waals surface area contributed by atoms with Gasteiger partial charge in [0.25, 0.3) is 0 Å². The Morgan fingerprint density at radius 3 is 2.33 bits per heavy atom. The molecule has 1 aromatic rings. The van der Waals surface area contributed by atoms with Crippen LogP contribution in [-0.4, -0.2) is 26.8 Å². The molecule has 0 aliphatic heterocycles. The topological polar surface area (TPSA) is 38.7 Å². The molecule has 0 spiro atoms. The third-order valence-electron chi connectivity index (χ3n) is 1.98. The molecule has 1 rings (SSSR count). The van der Waals surface area contributed by atoms with E-state index in [4.69, 9.17) is 8.85 Å². The molecule has 0 aliphatic rings. The molecule has 0 radical (unpaired) electrons. The van der Waals surface area contributed by atoms with Gasteiger partial charge in [-0.25, -0.2) is 0 Å². The summed E-state index contributed by atoms with van der Waals surface area (Å²) in [4.78, 5) is 10.3. The molecule has 0 saturated heterocycles. The second-order valence-corrected chi connectivity index (χ2v) is 5.55. The van der Waals surface area contributed by atoms with E-state index in [2.05, 4.69) is 0 Å². The lowest BCUT2D eigenvalue weighted by atomic mass is 10.4. The Morgan fingerprint density at radius 1 is 1.13 bits per heavy atom. The second kappa shape index (κ2) is 6.02. The van der Waals surface area contributed by atoms with Crippen molar-refractivity contribution in [1.82, 2.24) is 0 Å². The van der Waals surface area contributed by atoms with Gasteiger partial charge in [0.15, 0.2) is 0 Å². The predicted octanol–water partition coefficient (Wildman–Crippen LogP) is 1.29. The van der Waals surface area contributed by atoms with E-state index >= 15 is 0 Å². The third-order valence-corrected chi connectivity index (χ3v) is 4.32. The molecule has 0 aromatic heterocycles. The summed E-state index contributed by atoms with van der Waals surface area (Å²) >= 11 is 0. The van der Waals surface area contributed by atoms with Crippen LogP contribution in [0.3, 0.4) is 0 Å². The maximum absolute atomic E-state index is 10.3. The second-order valence-electron chi connectivity index (χ2n) is 3.23. The molecular weight excluding hydrogens is 208 g/mol. The maximum atomic E-state index is 10.3. The fraction of sp³-hybridized carbons (Fsp3) is 0.455. The largest absolute Gasteiger partial charge is 0.534 e. The Kier molecular flexibility index (Phi) is 4.97. The van der Waals surface area contributed by atoms with E-state index in [0.29, 0.717) is 13.2 Å². The molecule has 0 amide bonds. The van der Waals surface area contributed by atoms with Crippen LogP contribution in [-0.2, 0) is 8.85 Å². The van der Waals surface area contributed by atoms with Crippen LogP contribution in [0.2, 0.25) is 0 Å². The zero-order valence-corrected chi connectivity index (χ0v) is 10.3. The first-order valence-corrected chi connectivity index (χ1v) is 7.05. The summed E-state index contributed by atoms with van der Waals surface area (Å²) in [6.07, 6.45) is 0.870. The van der Waals surface area contributed by atoms with Crippen molar-refractivity contribution in [3.63, 3.8) is 0 Å². The smallest absolute Gasteiger partial charge is 0.386 e. The van der Waals surface area contributed by atoms with Gasteiger partial charge in [-0.1, -0.05) is 37.3 Å². The Morgan fingerprint density at radius 2 is 1.80 bits per heavy atom. The van der Waals surface area contributed by atoms with E-state index in [1.165, 1.54) is 0 Å². The van der Waals surface area contributed by atoms with Gasteiger partial charge in [-0.3, -0.25) is 0 Å². The quantitative estimate of drug-likeness (QED) is 0.743. The third kappa shape index (κ3) is 3.42. The van der Waals surface area contributed by atoms with Gasteiger partial charge < -0.3 is 13.6 Å². The zero-order chi connectivity index (χ0) is 11.1. The van der Waals surface area contributed by atoms with Gasteiger partial charge in [0.2, 0.25) is 0 Å². The van der Waals surface area contributed by atoms with Crippen molar-refractivity contribution in [3.05, 3.63) is 30.3 Å².